The lowest BCUT2D eigenvalue weighted by atomic mass is 9.99. The molecule has 1 aliphatic heterocycles. The van der Waals surface area contributed by atoms with Crippen molar-refractivity contribution >= 4 is 5.97 Å². The Morgan fingerprint density at radius 1 is 1.15 bits per heavy atom. The highest BCUT2D eigenvalue weighted by atomic mass is 16.4. The van der Waals surface area contributed by atoms with Gasteiger partial charge in [-0.3, -0.25) is 4.79 Å². The minimum atomic E-state index is -0.674. The maximum Gasteiger partial charge on any atom is 0.320 e. The van der Waals surface area contributed by atoms with Gasteiger partial charge in [-0.1, -0.05) is 12.8 Å². The third kappa shape index (κ3) is 1.85. The molecule has 0 aromatic carbocycles. The normalized spacial score (nSPS) is 39.5. The fourth-order valence-electron chi connectivity index (χ4n) is 2.72. The van der Waals surface area contributed by atoms with Gasteiger partial charge >= 0.3 is 5.97 Å². The summed E-state index contributed by atoms with van der Waals surface area (Å²) in [5, 5.41) is 12.2. The maximum atomic E-state index is 10.8. The number of rotatable bonds is 1. The summed E-state index contributed by atoms with van der Waals surface area (Å²) in [7, 11) is 0. The van der Waals surface area contributed by atoms with E-state index in [0.717, 1.165) is 18.8 Å². The van der Waals surface area contributed by atoms with Crippen LogP contribution in [0.15, 0.2) is 0 Å². The third-order valence-corrected chi connectivity index (χ3v) is 3.44. The SMILES string of the molecule is O=C(O)C1CCC[C@H]2CCCC2N1. The van der Waals surface area contributed by atoms with Crippen LogP contribution >= 0.6 is 0 Å². The van der Waals surface area contributed by atoms with Gasteiger partial charge in [-0.15, -0.1) is 0 Å². The lowest BCUT2D eigenvalue weighted by molar-refractivity contribution is -0.139. The van der Waals surface area contributed by atoms with Crippen molar-refractivity contribution in [3.63, 3.8) is 0 Å². The first-order chi connectivity index (χ1) is 6.27. The minimum absolute atomic E-state index is 0.284. The first kappa shape index (κ1) is 9.00. The predicted octanol–water partition coefficient (Wildman–Crippen LogP) is 1.38. The Hall–Kier alpha value is -0.570. The van der Waals surface area contributed by atoms with Gasteiger partial charge in [-0.25, -0.2) is 0 Å². The molecule has 3 atom stereocenters. The van der Waals surface area contributed by atoms with Crippen LogP contribution in [-0.4, -0.2) is 23.2 Å². The van der Waals surface area contributed by atoms with Crippen LogP contribution in [0.5, 0.6) is 0 Å². The summed E-state index contributed by atoms with van der Waals surface area (Å²) in [5.74, 6) is 0.0805. The summed E-state index contributed by atoms with van der Waals surface area (Å²) in [6, 6.07) is 0.205. The minimum Gasteiger partial charge on any atom is -0.480 e. The van der Waals surface area contributed by atoms with Gasteiger partial charge in [0.05, 0.1) is 0 Å². The Balaban J connectivity index is 2.00. The maximum absolute atomic E-state index is 10.8. The molecule has 1 heterocycles. The highest BCUT2D eigenvalue weighted by molar-refractivity contribution is 5.73. The van der Waals surface area contributed by atoms with E-state index in [9.17, 15) is 4.79 Å². The molecule has 2 aliphatic rings. The molecule has 0 spiro atoms. The molecule has 2 rings (SSSR count). The highest BCUT2D eigenvalue weighted by Gasteiger charge is 2.33. The number of hydrogen-bond acceptors (Lipinski definition) is 2. The second kappa shape index (κ2) is 3.66. The Bertz CT molecular complexity index is 205. The standard InChI is InChI=1S/C10H17NO2/c12-10(13)9-6-2-4-7-3-1-5-8(7)11-9/h7-9,11H,1-6H2,(H,12,13)/t7-,8?,9?/m1/s1. The Labute approximate surface area is 78.5 Å². The molecule has 2 fully saturated rings. The molecule has 2 N–H and O–H groups in total. The van der Waals surface area contributed by atoms with E-state index in [2.05, 4.69) is 5.32 Å². The van der Waals surface area contributed by atoms with Gasteiger partial charge < -0.3 is 10.4 Å². The lowest BCUT2D eigenvalue weighted by Crippen LogP contribution is -2.42. The van der Waals surface area contributed by atoms with Crippen molar-refractivity contribution in [1.82, 2.24) is 5.32 Å². The van der Waals surface area contributed by atoms with Gasteiger partial charge in [0.25, 0.3) is 0 Å². The highest BCUT2D eigenvalue weighted by Crippen LogP contribution is 2.32. The van der Waals surface area contributed by atoms with Crippen LogP contribution in [0.1, 0.15) is 38.5 Å². The molecule has 1 saturated carbocycles. The second-order valence-corrected chi connectivity index (χ2v) is 4.29. The number of hydrogen-bond donors (Lipinski definition) is 2. The molecule has 0 bridgehead atoms. The van der Waals surface area contributed by atoms with Gasteiger partial charge in [-0.2, -0.15) is 0 Å². The van der Waals surface area contributed by atoms with Gasteiger partial charge in [-0.05, 0) is 31.6 Å². The van der Waals surface area contributed by atoms with E-state index in [-0.39, 0.29) is 6.04 Å². The largest absolute Gasteiger partial charge is 0.480 e. The molecule has 13 heavy (non-hydrogen) atoms. The van der Waals surface area contributed by atoms with Gasteiger partial charge in [0, 0.05) is 6.04 Å². The fraction of sp³-hybridized carbons (Fsp3) is 0.900. The van der Waals surface area contributed by atoms with E-state index in [1.165, 1.54) is 25.7 Å². The summed E-state index contributed by atoms with van der Waals surface area (Å²) in [4.78, 5) is 10.8. The average Bonchev–Trinajstić information content (AvgIpc) is 2.42. The summed E-state index contributed by atoms with van der Waals surface area (Å²) >= 11 is 0. The van der Waals surface area contributed by atoms with Crippen molar-refractivity contribution in [2.75, 3.05) is 0 Å². The van der Waals surface area contributed by atoms with Crippen molar-refractivity contribution in [2.24, 2.45) is 5.92 Å². The van der Waals surface area contributed by atoms with E-state index in [1.807, 2.05) is 0 Å². The van der Waals surface area contributed by atoms with Crippen LogP contribution in [0.4, 0.5) is 0 Å². The van der Waals surface area contributed by atoms with Crippen LogP contribution in [0, 0.1) is 5.92 Å². The van der Waals surface area contributed by atoms with Crippen LogP contribution in [-0.2, 0) is 4.79 Å². The Morgan fingerprint density at radius 3 is 2.54 bits per heavy atom. The molecule has 1 aliphatic carbocycles. The first-order valence-electron chi connectivity index (χ1n) is 5.26. The molecule has 3 heteroatoms. The number of aliphatic carboxylic acids is 1. The Kier molecular flexibility index (Phi) is 2.54. The zero-order valence-electron chi connectivity index (χ0n) is 7.83. The van der Waals surface area contributed by atoms with Gasteiger partial charge in [0.15, 0.2) is 0 Å². The van der Waals surface area contributed by atoms with Crippen molar-refractivity contribution < 1.29 is 9.90 Å². The van der Waals surface area contributed by atoms with E-state index in [4.69, 9.17) is 5.11 Å². The lowest BCUT2D eigenvalue weighted by Gasteiger charge is -2.19. The molecular formula is C10H17NO2. The molecule has 0 aromatic heterocycles. The number of fused-ring (bicyclic) bond motifs is 1. The van der Waals surface area contributed by atoms with Gasteiger partial charge in [0.1, 0.15) is 6.04 Å². The molecule has 0 radical (unpaired) electrons. The van der Waals surface area contributed by atoms with Crippen molar-refractivity contribution in [2.45, 2.75) is 50.6 Å². The quantitative estimate of drug-likeness (QED) is 0.645. The third-order valence-electron chi connectivity index (χ3n) is 3.44. The zero-order chi connectivity index (χ0) is 9.26. The Morgan fingerprint density at radius 2 is 1.85 bits per heavy atom. The molecular weight excluding hydrogens is 166 g/mol. The number of nitrogens with one attached hydrogen (secondary N) is 1. The van der Waals surface area contributed by atoms with E-state index in [1.54, 1.807) is 0 Å². The summed E-state index contributed by atoms with van der Waals surface area (Å²) in [6.07, 6.45) is 6.85. The number of carbonyl (C=O) groups is 1. The number of carboxylic acid groups (broad SMARTS) is 1. The molecule has 2 unspecified atom stereocenters. The van der Waals surface area contributed by atoms with Crippen LogP contribution < -0.4 is 5.32 Å². The average molecular weight is 183 g/mol. The summed E-state index contributed by atoms with van der Waals surface area (Å²) < 4.78 is 0. The van der Waals surface area contributed by atoms with Gasteiger partial charge in [0.2, 0.25) is 0 Å². The van der Waals surface area contributed by atoms with E-state index in [0.29, 0.717) is 6.04 Å². The van der Waals surface area contributed by atoms with E-state index < -0.39 is 5.97 Å². The summed E-state index contributed by atoms with van der Waals surface area (Å²) in [6.45, 7) is 0. The monoisotopic (exact) mass is 183 g/mol. The molecule has 0 amide bonds. The number of carboxylic acids is 1. The predicted molar refractivity (Wildman–Crippen MR) is 49.5 cm³/mol. The summed E-state index contributed by atoms with van der Waals surface area (Å²) in [5.41, 5.74) is 0. The fourth-order valence-corrected chi connectivity index (χ4v) is 2.72. The van der Waals surface area contributed by atoms with Crippen molar-refractivity contribution in [1.29, 1.82) is 0 Å². The van der Waals surface area contributed by atoms with Crippen LogP contribution in [0.3, 0.4) is 0 Å². The molecule has 74 valence electrons. The molecule has 3 nitrogen and oxygen atoms in total. The molecule has 1 saturated heterocycles. The topological polar surface area (TPSA) is 49.3 Å². The van der Waals surface area contributed by atoms with Crippen LogP contribution in [0.2, 0.25) is 0 Å². The molecule has 0 aromatic rings. The zero-order valence-corrected chi connectivity index (χ0v) is 7.83. The van der Waals surface area contributed by atoms with Crippen LogP contribution in [0.25, 0.3) is 0 Å². The van der Waals surface area contributed by atoms with Crippen molar-refractivity contribution in [3.8, 4) is 0 Å². The second-order valence-electron chi connectivity index (χ2n) is 4.29. The smallest absolute Gasteiger partial charge is 0.320 e. The first-order valence-corrected chi connectivity index (χ1v) is 5.26. The van der Waals surface area contributed by atoms with Crippen molar-refractivity contribution in [3.05, 3.63) is 0 Å². The van der Waals surface area contributed by atoms with E-state index >= 15 is 0 Å².